The van der Waals surface area contributed by atoms with Gasteiger partial charge in [-0.15, -0.1) is 0 Å². The molecule has 1 atom stereocenters. The Bertz CT molecular complexity index is 476. The number of rotatable bonds is 5. The molecular formula is C15H21ClN2O3. The Hall–Kier alpha value is -1.14. The van der Waals surface area contributed by atoms with Crippen molar-refractivity contribution >= 4 is 23.2 Å². The number of hydrogen-bond donors (Lipinski definition) is 2. The van der Waals surface area contributed by atoms with Crippen molar-refractivity contribution in [1.29, 1.82) is 0 Å². The van der Waals surface area contributed by atoms with Crippen LogP contribution in [0.4, 0.5) is 5.69 Å². The second-order valence-corrected chi connectivity index (χ2v) is 6.14. The zero-order valence-electron chi connectivity index (χ0n) is 12.3. The van der Waals surface area contributed by atoms with Crippen LogP contribution >= 0.6 is 11.6 Å². The van der Waals surface area contributed by atoms with Crippen LogP contribution in [0.5, 0.6) is 0 Å². The van der Waals surface area contributed by atoms with Gasteiger partial charge in [0.15, 0.2) is 0 Å². The van der Waals surface area contributed by atoms with E-state index in [-0.39, 0.29) is 24.2 Å². The molecule has 0 aromatic heterocycles. The SMILES string of the molecule is CC1(C)CNCC(COCC(=O)Nc2ccc(Cl)cc2)O1. The van der Waals surface area contributed by atoms with Gasteiger partial charge in [-0.2, -0.15) is 0 Å². The zero-order valence-corrected chi connectivity index (χ0v) is 13.1. The van der Waals surface area contributed by atoms with E-state index in [1.165, 1.54) is 0 Å². The lowest BCUT2D eigenvalue weighted by Crippen LogP contribution is -2.52. The second-order valence-electron chi connectivity index (χ2n) is 5.70. The maximum Gasteiger partial charge on any atom is 0.250 e. The molecule has 21 heavy (non-hydrogen) atoms. The molecule has 6 heteroatoms. The average Bonchev–Trinajstić information content (AvgIpc) is 2.40. The van der Waals surface area contributed by atoms with E-state index in [1.54, 1.807) is 24.3 Å². The Morgan fingerprint density at radius 3 is 2.86 bits per heavy atom. The van der Waals surface area contributed by atoms with Gasteiger partial charge < -0.3 is 20.1 Å². The fourth-order valence-electron chi connectivity index (χ4n) is 2.18. The molecule has 0 aliphatic carbocycles. The van der Waals surface area contributed by atoms with Crippen LogP contribution in [0.2, 0.25) is 5.02 Å². The summed E-state index contributed by atoms with van der Waals surface area (Å²) in [5.74, 6) is -0.194. The van der Waals surface area contributed by atoms with Gasteiger partial charge in [0, 0.05) is 23.8 Å². The van der Waals surface area contributed by atoms with E-state index >= 15 is 0 Å². The predicted molar refractivity (Wildman–Crippen MR) is 82.7 cm³/mol. The standard InChI is InChI=1S/C15H21ClN2O3/c1-15(2)10-17-7-13(21-15)8-20-9-14(19)18-12-5-3-11(16)4-6-12/h3-6,13,17H,7-10H2,1-2H3,(H,18,19). The molecule has 1 heterocycles. The van der Waals surface area contributed by atoms with Crippen molar-refractivity contribution < 1.29 is 14.3 Å². The van der Waals surface area contributed by atoms with E-state index in [2.05, 4.69) is 10.6 Å². The first-order chi connectivity index (χ1) is 9.94. The topological polar surface area (TPSA) is 59.6 Å². The summed E-state index contributed by atoms with van der Waals surface area (Å²) in [6, 6.07) is 6.94. The Balaban J connectivity index is 1.68. The first-order valence-electron chi connectivity index (χ1n) is 6.96. The van der Waals surface area contributed by atoms with Crippen molar-refractivity contribution in [2.24, 2.45) is 0 Å². The molecule has 1 amide bonds. The van der Waals surface area contributed by atoms with Crippen molar-refractivity contribution in [1.82, 2.24) is 5.32 Å². The molecule has 5 nitrogen and oxygen atoms in total. The molecule has 0 saturated carbocycles. The Morgan fingerprint density at radius 2 is 2.19 bits per heavy atom. The molecule has 2 N–H and O–H groups in total. The van der Waals surface area contributed by atoms with Crippen molar-refractivity contribution in [3.63, 3.8) is 0 Å². The lowest BCUT2D eigenvalue weighted by molar-refractivity contribution is -0.132. The quantitative estimate of drug-likeness (QED) is 0.874. The van der Waals surface area contributed by atoms with Gasteiger partial charge in [-0.25, -0.2) is 0 Å². The first kappa shape index (κ1) is 16.2. The fourth-order valence-corrected chi connectivity index (χ4v) is 2.30. The van der Waals surface area contributed by atoms with Gasteiger partial charge in [0.05, 0.1) is 18.3 Å². The zero-order chi connectivity index (χ0) is 15.3. The number of nitrogens with one attached hydrogen (secondary N) is 2. The van der Waals surface area contributed by atoms with Gasteiger partial charge in [0.2, 0.25) is 5.91 Å². The summed E-state index contributed by atoms with van der Waals surface area (Å²) in [4.78, 5) is 11.7. The third-order valence-corrected chi connectivity index (χ3v) is 3.33. The van der Waals surface area contributed by atoms with E-state index in [1.807, 2.05) is 13.8 Å². The molecule has 0 spiro atoms. The number of anilines is 1. The van der Waals surface area contributed by atoms with Gasteiger partial charge in [-0.1, -0.05) is 11.6 Å². The molecule has 1 aromatic rings. The number of hydrogen-bond acceptors (Lipinski definition) is 4. The molecule has 1 saturated heterocycles. The molecule has 1 aliphatic rings. The molecule has 1 fully saturated rings. The van der Waals surface area contributed by atoms with Gasteiger partial charge in [-0.05, 0) is 38.1 Å². The minimum Gasteiger partial charge on any atom is -0.369 e. The summed E-state index contributed by atoms with van der Waals surface area (Å²) < 4.78 is 11.3. The fraction of sp³-hybridized carbons (Fsp3) is 0.533. The minimum absolute atomic E-state index is 0.00289. The van der Waals surface area contributed by atoms with Crippen LogP contribution in [0.15, 0.2) is 24.3 Å². The van der Waals surface area contributed by atoms with Gasteiger partial charge in [0.1, 0.15) is 6.61 Å². The number of halogens is 1. The van der Waals surface area contributed by atoms with Gasteiger partial charge >= 0.3 is 0 Å². The van der Waals surface area contributed by atoms with Crippen molar-refractivity contribution in [2.75, 3.05) is 31.6 Å². The number of morpholine rings is 1. The van der Waals surface area contributed by atoms with E-state index < -0.39 is 0 Å². The lowest BCUT2D eigenvalue weighted by atomic mass is 10.1. The highest BCUT2D eigenvalue weighted by molar-refractivity contribution is 6.30. The third-order valence-electron chi connectivity index (χ3n) is 3.07. The number of amides is 1. The van der Waals surface area contributed by atoms with Crippen molar-refractivity contribution in [2.45, 2.75) is 25.6 Å². The molecule has 0 bridgehead atoms. The largest absolute Gasteiger partial charge is 0.369 e. The Labute approximate surface area is 130 Å². The van der Waals surface area contributed by atoms with Crippen LogP contribution in [-0.2, 0) is 14.3 Å². The summed E-state index contributed by atoms with van der Waals surface area (Å²) in [5, 5.41) is 6.67. The summed E-state index contributed by atoms with van der Waals surface area (Å²) >= 11 is 5.78. The van der Waals surface area contributed by atoms with E-state index in [0.717, 1.165) is 13.1 Å². The predicted octanol–water partition coefficient (Wildman–Crippen LogP) is 2.06. The average molecular weight is 313 g/mol. The van der Waals surface area contributed by atoms with Crippen LogP contribution in [0.1, 0.15) is 13.8 Å². The van der Waals surface area contributed by atoms with Crippen LogP contribution in [0.25, 0.3) is 0 Å². The summed E-state index contributed by atoms with van der Waals surface area (Å²) in [6.45, 7) is 6.01. The number of carbonyl (C=O) groups is 1. The molecule has 1 aromatic carbocycles. The van der Waals surface area contributed by atoms with Gasteiger partial charge in [0.25, 0.3) is 0 Å². The maximum atomic E-state index is 11.7. The van der Waals surface area contributed by atoms with Crippen LogP contribution in [0.3, 0.4) is 0 Å². The second kappa shape index (κ2) is 7.22. The van der Waals surface area contributed by atoms with Crippen LogP contribution < -0.4 is 10.6 Å². The highest BCUT2D eigenvalue weighted by atomic mass is 35.5. The highest BCUT2D eigenvalue weighted by Gasteiger charge is 2.28. The molecule has 1 aliphatic heterocycles. The summed E-state index contributed by atoms with van der Waals surface area (Å²) in [7, 11) is 0. The Kier molecular flexibility index (Phi) is 5.58. The normalized spacial score (nSPS) is 21.0. The van der Waals surface area contributed by atoms with E-state index in [0.29, 0.717) is 17.3 Å². The van der Waals surface area contributed by atoms with Crippen molar-refractivity contribution in [3.05, 3.63) is 29.3 Å². The van der Waals surface area contributed by atoms with E-state index in [4.69, 9.17) is 21.1 Å². The molecule has 1 unspecified atom stereocenters. The number of benzene rings is 1. The summed E-state index contributed by atoms with van der Waals surface area (Å²) in [6.07, 6.45) is -0.0305. The highest BCUT2D eigenvalue weighted by Crippen LogP contribution is 2.15. The monoisotopic (exact) mass is 312 g/mol. The molecule has 116 valence electrons. The van der Waals surface area contributed by atoms with Gasteiger partial charge in [-0.3, -0.25) is 4.79 Å². The third kappa shape index (κ3) is 5.63. The minimum atomic E-state index is -0.197. The van der Waals surface area contributed by atoms with E-state index in [9.17, 15) is 4.79 Å². The maximum absolute atomic E-state index is 11.7. The van der Waals surface area contributed by atoms with Crippen LogP contribution in [0, 0.1) is 0 Å². The van der Waals surface area contributed by atoms with Crippen LogP contribution in [-0.4, -0.2) is 43.9 Å². The number of ether oxygens (including phenoxy) is 2. The summed E-state index contributed by atoms with van der Waals surface area (Å²) in [5.41, 5.74) is 0.502. The van der Waals surface area contributed by atoms with Crippen molar-refractivity contribution in [3.8, 4) is 0 Å². The molecular weight excluding hydrogens is 292 g/mol. The Morgan fingerprint density at radius 1 is 1.48 bits per heavy atom. The number of carbonyl (C=O) groups excluding carboxylic acids is 1. The molecule has 2 rings (SSSR count). The first-order valence-corrected chi connectivity index (χ1v) is 7.34. The lowest BCUT2D eigenvalue weighted by Gasteiger charge is -2.36. The smallest absolute Gasteiger partial charge is 0.250 e. The molecule has 0 radical (unpaired) electrons.